The molecule has 0 unspecified atom stereocenters. The van der Waals surface area contributed by atoms with Crippen molar-refractivity contribution in [3.63, 3.8) is 0 Å². The summed E-state index contributed by atoms with van der Waals surface area (Å²) in [5.41, 5.74) is 1.82. The summed E-state index contributed by atoms with van der Waals surface area (Å²) in [4.78, 5) is 24.5. The number of allylic oxidation sites excluding steroid dienone is 1. The molecule has 32 heavy (non-hydrogen) atoms. The quantitative estimate of drug-likeness (QED) is 0.362. The van der Waals surface area contributed by atoms with Gasteiger partial charge >= 0.3 is 0 Å². The van der Waals surface area contributed by atoms with Crippen molar-refractivity contribution in [3.8, 4) is 0 Å². The molecule has 0 radical (unpaired) electrons. The lowest BCUT2D eigenvalue weighted by atomic mass is 10.1. The van der Waals surface area contributed by atoms with E-state index in [-0.39, 0.29) is 23.3 Å². The van der Waals surface area contributed by atoms with E-state index in [0.29, 0.717) is 36.1 Å². The predicted octanol–water partition coefficient (Wildman–Crippen LogP) is 3.61. The molecule has 0 aliphatic heterocycles. The third kappa shape index (κ3) is 6.27. The summed E-state index contributed by atoms with van der Waals surface area (Å²) < 4.78 is 15.5. The number of anilines is 1. The van der Waals surface area contributed by atoms with Crippen LogP contribution in [0.1, 0.15) is 21.7 Å². The molecule has 0 saturated carbocycles. The number of carbonyl (C=O) groups excluding carboxylic acids is 2. The average molecular weight is 454 g/mol. The lowest BCUT2D eigenvalue weighted by molar-refractivity contribution is -0.113. The number of nitrogens with one attached hydrogen (secondary N) is 2. The summed E-state index contributed by atoms with van der Waals surface area (Å²) in [6, 6.07) is 13.3. The van der Waals surface area contributed by atoms with Crippen molar-refractivity contribution in [2.45, 2.75) is 25.0 Å². The lowest BCUT2D eigenvalue weighted by Gasteiger charge is -2.09. The van der Waals surface area contributed by atoms with Gasteiger partial charge in [-0.3, -0.25) is 9.59 Å². The Bertz CT molecular complexity index is 1100. The van der Waals surface area contributed by atoms with Crippen LogP contribution in [0.25, 0.3) is 0 Å². The summed E-state index contributed by atoms with van der Waals surface area (Å²) in [6.45, 7) is 6.58. The van der Waals surface area contributed by atoms with Gasteiger partial charge in [-0.05, 0) is 31.2 Å². The van der Waals surface area contributed by atoms with E-state index in [1.54, 1.807) is 30.3 Å². The highest BCUT2D eigenvalue weighted by Gasteiger charge is 2.15. The van der Waals surface area contributed by atoms with Crippen molar-refractivity contribution in [2.24, 2.45) is 0 Å². The molecule has 0 aliphatic rings. The van der Waals surface area contributed by atoms with Crippen LogP contribution in [0.3, 0.4) is 0 Å². The summed E-state index contributed by atoms with van der Waals surface area (Å²) in [5.74, 6) is -0.269. The van der Waals surface area contributed by atoms with Crippen molar-refractivity contribution in [2.75, 3.05) is 17.6 Å². The van der Waals surface area contributed by atoms with Crippen LogP contribution < -0.4 is 10.6 Å². The molecule has 0 spiro atoms. The van der Waals surface area contributed by atoms with E-state index >= 15 is 0 Å². The molecule has 166 valence electrons. The van der Waals surface area contributed by atoms with Gasteiger partial charge in [-0.15, -0.1) is 16.8 Å². The maximum Gasteiger partial charge on any atom is 0.251 e. The van der Waals surface area contributed by atoms with E-state index in [1.165, 1.54) is 23.9 Å². The highest BCUT2D eigenvalue weighted by atomic mass is 32.2. The van der Waals surface area contributed by atoms with E-state index in [4.69, 9.17) is 0 Å². The number of halogens is 1. The zero-order chi connectivity index (χ0) is 22.9. The Morgan fingerprint density at radius 1 is 1.16 bits per heavy atom. The molecule has 3 rings (SSSR count). The monoisotopic (exact) mass is 453 g/mol. The van der Waals surface area contributed by atoms with E-state index < -0.39 is 5.82 Å². The summed E-state index contributed by atoms with van der Waals surface area (Å²) >= 11 is 1.20. The number of nitrogens with zero attached hydrogens (tertiary/aromatic N) is 3. The SMILES string of the molecule is C=CCn1c(CCNC(=O)c2ccc(C)cc2)nnc1SCC(=O)Nc1ccccc1F. The fourth-order valence-corrected chi connectivity index (χ4v) is 3.66. The number of aryl methyl sites for hydroxylation is 1. The Morgan fingerprint density at radius 3 is 2.62 bits per heavy atom. The summed E-state index contributed by atoms with van der Waals surface area (Å²) in [7, 11) is 0. The van der Waals surface area contributed by atoms with Crippen LogP contribution in [0.4, 0.5) is 10.1 Å². The molecule has 2 aromatic carbocycles. The molecule has 0 saturated heterocycles. The first kappa shape index (κ1) is 23.2. The first-order chi connectivity index (χ1) is 15.5. The second-order valence-electron chi connectivity index (χ2n) is 6.99. The van der Waals surface area contributed by atoms with Crippen LogP contribution in [0, 0.1) is 12.7 Å². The molecule has 7 nitrogen and oxygen atoms in total. The molecule has 9 heteroatoms. The van der Waals surface area contributed by atoms with E-state index in [2.05, 4.69) is 27.4 Å². The van der Waals surface area contributed by atoms with Crippen molar-refractivity contribution < 1.29 is 14.0 Å². The Labute approximate surface area is 190 Å². The van der Waals surface area contributed by atoms with Gasteiger partial charge in [0.25, 0.3) is 5.91 Å². The van der Waals surface area contributed by atoms with Gasteiger partial charge in [0.2, 0.25) is 5.91 Å². The number of benzene rings is 2. The maximum atomic E-state index is 13.7. The topological polar surface area (TPSA) is 88.9 Å². The second kappa shape index (κ2) is 11.2. The summed E-state index contributed by atoms with van der Waals surface area (Å²) in [5, 5.41) is 14.3. The van der Waals surface area contributed by atoms with Gasteiger partial charge in [0, 0.05) is 25.1 Å². The van der Waals surface area contributed by atoms with Crippen LogP contribution in [0.2, 0.25) is 0 Å². The number of aromatic nitrogens is 3. The van der Waals surface area contributed by atoms with Crippen LogP contribution in [0.5, 0.6) is 0 Å². The molecule has 2 amide bonds. The molecule has 3 aromatic rings. The van der Waals surface area contributed by atoms with Crippen LogP contribution in [-0.4, -0.2) is 38.9 Å². The lowest BCUT2D eigenvalue weighted by Crippen LogP contribution is -2.26. The number of thioether (sulfide) groups is 1. The Hall–Kier alpha value is -3.46. The number of amides is 2. The van der Waals surface area contributed by atoms with Crippen LogP contribution in [0.15, 0.2) is 66.3 Å². The van der Waals surface area contributed by atoms with Gasteiger partial charge in [-0.2, -0.15) is 0 Å². The largest absolute Gasteiger partial charge is 0.352 e. The second-order valence-corrected chi connectivity index (χ2v) is 7.93. The van der Waals surface area contributed by atoms with Crippen molar-refractivity contribution in [1.82, 2.24) is 20.1 Å². The van der Waals surface area contributed by atoms with E-state index in [0.717, 1.165) is 5.56 Å². The zero-order valence-electron chi connectivity index (χ0n) is 17.7. The smallest absolute Gasteiger partial charge is 0.251 e. The Kier molecular flexibility index (Phi) is 8.15. The van der Waals surface area contributed by atoms with E-state index in [1.807, 2.05) is 23.6 Å². The minimum absolute atomic E-state index is 0.0494. The highest BCUT2D eigenvalue weighted by molar-refractivity contribution is 7.99. The number of carbonyl (C=O) groups is 2. The van der Waals surface area contributed by atoms with Crippen LogP contribution in [-0.2, 0) is 17.8 Å². The standard InChI is InChI=1S/C23H24FN5O2S/c1-3-14-29-20(12-13-25-22(31)17-10-8-16(2)9-11-17)27-28-23(29)32-15-21(30)26-19-7-5-4-6-18(19)24/h3-11H,1,12-15H2,2H3,(H,25,31)(H,26,30). The minimum atomic E-state index is -0.490. The van der Waals surface area contributed by atoms with Gasteiger partial charge in [-0.1, -0.05) is 47.7 Å². The molecular formula is C23H24FN5O2S. The number of para-hydroxylation sites is 1. The minimum Gasteiger partial charge on any atom is -0.352 e. The van der Waals surface area contributed by atoms with Gasteiger partial charge in [0.1, 0.15) is 11.6 Å². The Morgan fingerprint density at radius 2 is 1.91 bits per heavy atom. The number of hydrogen-bond acceptors (Lipinski definition) is 5. The van der Waals surface area contributed by atoms with Gasteiger partial charge in [0.15, 0.2) is 5.16 Å². The first-order valence-corrected chi connectivity index (χ1v) is 11.0. The fraction of sp³-hybridized carbons (Fsp3) is 0.217. The van der Waals surface area contributed by atoms with Crippen LogP contribution >= 0.6 is 11.8 Å². The Balaban J connectivity index is 1.55. The normalized spacial score (nSPS) is 10.6. The number of hydrogen-bond donors (Lipinski definition) is 2. The van der Waals surface area contributed by atoms with Crippen molar-refractivity contribution in [3.05, 3.63) is 84.0 Å². The van der Waals surface area contributed by atoms with Crippen molar-refractivity contribution in [1.29, 1.82) is 0 Å². The third-order valence-corrected chi connectivity index (χ3v) is 5.50. The molecule has 1 heterocycles. The molecule has 1 aromatic heterocycles. The molecule has 0 aliphatic carbocycles. The molecular weight excluding hydrogens is 429 g/mol. The van der Waals surface area contributed by atoms with Crippen molar-refractivity contribution >= 4 is 29.3 Å². The van der Waals surface area contributed by atoms with Gasteiger partial charge < -0.3 is 15.2 Å². The third-order valence-electron chi connectivity index (χ3n) is 4.53. The molecule has 0 atom stereocenters. The fourth-order valence-electron chi connectivity index (χ4n) is 2.90. The van der Waals surface area contributed by atoms with E-state index in [9.17, 15) is 14.0 Å². The average Bonchev–Trinajstić information content (AvgIpc) is 3.16. The first-order valence-electron chi connectivity index (χ1n) is 10.0. The van der Waals surface area contributed by atoms with Gasteiger partial charge in [-0.25, -0.2) is 4.39 Å². The molecule has 2 N–H and O–H groups in total. The number of rotatable bonds is 10. The predicted molar refractivity (Wildman–Crippen MR) is 123 cm³/mol. The highest BCUT2D eigenvalue weighted by Crippen LogP contribution is 2.19. The molecule has 0 fully saturated rings. The maximum absolute atomic E-state index is 13.7. The van der Waals surface area contributed by atoms with Gasteiger partial charge in [0.05, 0.1) is 11.4 Å². The summed E-state index contributed by atoms with van der Waals surface area (Å²) in [6.07, 6.45) is 2.18. The molecule has 0 bridgehead atoms. The zero-order valence-corrected chi connectivity index (χ0v) is 18.5.